The highest BCUT2D eigenvalue weighted by atomic mass is 16.5. The van der Waals surface area contributed by atoms with Gasteiger partial charge in [-0.3, -0.25) is 4.79 Å². The molecule has 1 radical (unpaired) electrons. The standard InChI is InChI=1S/C28H23N2O3/c1-32-21-11-6-18(7-12-21)17-30-25-5-3-4-24(28(29)31)27(25)23-15-10-20(16-26(23)30)19-8-13-22(33-2)14-9-19/h3-14,16H,17H2,1-2H3,(H2,29,31). The Kier molecular flexibility index (Phi) is 5.23. The fraction of sp³-hybridized carbons (Fsp3) is 0.107. The molecular formula is C28H23N2O3. The number of primary amides is 1. The summed E-state index contributed by atoms with van der Waals surface area (Å²) in [5.41, 5.74) is 11.4. The number of methoxy groups -OCH3 is 2. The van der Waals surface area contributed by atoms with Crippen LogP contribution >= 0.6 is 0 Å². The molecule has 5 heteroatoms. The SMILES string of the molecule is COc1ccc(Cn2c3cc(-c4ccc(OC)cc4)c[c]c3c3c(C(N)=O)cccc32)cc1. The van der Waals surface area contributed by atoms with Crippen LogP contribution in [0.15, 0.2) is 78.9 Å². The molecule has 1 amide bonds. The minimum atomic E-state index is -0.447. The largest absolute Gasteiger partial charge is 0.497 e. The Labute approximate surface area is 192 Å². The van der Waals surface area contributed by atoms with Crippen LogP contribution in [0.2, 0.25) is 0 Å². The lowest BCUT2D eigenvalue weighted by molar-refractivity contribution is 0.100. The molecule has 5 aromatic rings. The third-order valence-electron chi connectivity index (χ3n) is 5.98. The lowest BCUT2D eigenvalue weighted by Gasteiger charge is -2.10. The van der Waals surface area contributed by atoms with Gasteiger partial charge in [-0.2, -0.15) is 0 Å². The summed E-state index contributed by atoms with van der Waals surface area (Å²) in [4.78, 5) is 12.2. The van der Waals surface area contributed by atoms with Gasteiger partial charge >= 0.3 is 0 Å². The monoisotopic (exact) mass is 435 g/mol. The second kappa shape index (κ2) is 8.36. The van der Waals surface area contributed by atoms with Crippen LogP contribution in [-0.4, -0.2) is 24.7 Å². The highest BCUT2D eigenvalue weighted by molar-refractivity contribution is 6.18. The number of hydrogen-bond donors (Lipinski definition) is 1. The topological polar surface area (TPSA) is 66.5 Å². The fourth-order valence-electron chi connectivity index (χ4n) is 4.30. The minimum Gasteiger partial charge on any atom is -0.497 e. The van der Waals surface area contributed by atoms with E-state index in [4.69, 9.17) is 15.2 Å². The molecule has 1 aromatic heterocycles. The summed E-state index contributed by atoms with van der Waals surface area (Å²) in [7, 11) is 3.31. The van der Waals surface area contributed by atoms with Crippen LogP contribution in [0.5, 0.6) is 11.5 Å². The number of amides is 1. The highest BCUT2D eigenvalue weighted by Gasteiger charge is 2.17. The Hall–Kier alpha value is -4.25. The zero-order valence-electron chi connectivity index (χ0n) is 18.5. The van der Waals surface area contributed by atoms with Crippen molar-refractivity contribution in [3.8, 4) is 22.6 Å². The number of carbonyl (C=O) groups is 1. The van der Waals surface area contributed by atoms with Crippen LogP contribution < -0.4 is 15.2 Å². The molecule has 163 valence electrons. The average Bonchev–Trinajstić information content (AvgIpc) is 3.17. The third kappa shape index (κ3) is 3.68. The van der Waals surface area contributed by atoms with Gasteiger partial charge in [0.2, 0.25) is 5.91 Å². The first kappa shape index (κ1) is 20.6. The zero-order chi connectivity index (χ0) is 22.9. The maximum Gasteiger partial charge on any atom is 0.249 e. The lowest BCUT2D eigenvalue weighted by Crippen LogP contribution is -2.11. The van der Waals surface area contributed by atoms with E-state index >= 15 is 0 Å². The highest BCUT2D eigenvalue weighted by Crippen LogP contribution is 2.35. The van der Waals surface area contributed by atoms with Crippen molar-refractivity contribution in [3.63, 3.8) is 0 Å². The second-order valence-electron chi connectivity index (χ2n) is 7.88. The van der Waals surface area contributed by atoms with Gasteiger partial charge in [0.1, 0.15) is 11.5 Å². The Morgan fingerprint density at radius 2 is 1.55 bits per heavy atom. The lowest BCUT2D eigenvalue weighted by atomic mass is 10.0. The Balaban J connectivity index is 1.73. The summed E-state index contributed by atoms with van der Waals surface area (Å²) in [6.07, 6.45) is 0. The van der Waals surface area contributed by atoms with Gasteiger partial charge in [0.05, 0.1) is 25.3 Å². The smallest absolute Gasteiger partial charge is 0.249 e. The van der Waals surface area contributed by atoms with Crippen LogP contribution in [-0.2, 0) is 6.54 Å². The molecule has 1 heterocycles. The van der Waals surface area contributed by atoms with E-state index in [9.17, 15) is 4.79 Å². The molecular weight excluding hydrogens is 412 g/mol. The second-order valence-corrected chi connectivity index (χ2v) is 7.88. The molecule has 0 fully saturated rings. The molecule has 0 bridgehead atoms. The van der Waals surface area contributed by atoms with Gasteiger partial charge < -0.3 is 19.8 Å². The molecule has 0 spiro atoms. The summed E-state index contributed by atoms with van der Waals surface area (Å²) in [5, 5.41) is 1.71. The predicted molar refractivity (Wildman–Crippen MR) is 131 cm³/mol. The predicted octanol–water partition coefficient (Wildman–Crippen LogP) is 5.43. The average molecular weight is 436 g/mol. The van der Waals surface area contributed by atoms with Gasteiger partial charge in [0.15, 0.2) is 0 Å². The number of rotatable bonds is 6. The molecule has 0 saturated heterocycles. The van der Waals surface area contributed by atoms with E-state index in [-0.39, 0.29) is 0 Å². The molecule has 0 aliphatic rings. The molecule has 0 aliphatic carbocycles. The van der Waals surface area contributed by atoms with Gasteiger partial charge in [0, 0.05) is 22.9 Å². The number of nitrogens with zero attached hydrogens (tertiary/aromatic N) is 1. The van der Waals surface area contributed by atoms with Gasteiger partial charge in [-0.25, -0.2) is 0 Å². The van der Waals surface area contributed by atoms with Crippen LogP contribution in [0.25, 0.3) is 32.9 Å². The number of ether oxygens (including phenoxy) is 2. The number of hydrogen-bond acceptors (Lipinski definition) is 3. The number of carbonyl (C=O) groups excluding carboxylic acids is 1. The summed E-state index contributed by atoms with van der Waals surface area (Å²) in [6, 6.07) is 29.1. The van der Waals surface area contributed by atoms with E-state index in [1.165, 1.54) is 0 Å². The normalized spacial score (nSPS) is 11.1. The summed E-state index contributed by atoms with van der Waals surface area (Å²) in [5.74, 6) is 1.17. The molecule has 5 rings (SSSR count). The first-order valence-electron chi connectivity index (χ1n) is 10.6. The van der Waals surface area contributed by atoms with Crippen LogP contribution in [0, 0.1) is 6.07 Å². The van der Waals surface area contributed by atoms with E-state index in [0.717, 1.165) is 50.0 Å². The molecule has 0 saturated carbocycles. The van der Waals surface area contributed by atoms with Crippen molar-refractivity contribution in [3.05, 3.63) is 96.1 Å². The van der Waals surface area contributed by atoms with Crippen molar-refractivity contribution in [1.29, 1.82) is 0 Å². The summed E-state index contributed by atoms with van der Waals surface area (Å²) >= 11 is 0. The fourth-order valence-corrected chi connectivity index (χ4v) is 4.30. The minimum absolute atomic E-state index is 0.447. The van der Waals surface area contributed by atoms with Crippen molar-refractivity contribution in [2.75, 3.05) is 14.2 Å². The van der Waals surface area contributed by atoms with Gasteiger partial charge in [-0.05, 0) is 71.3 Å². The zero-order valence-corrected chi connectivity index (χ0v) is 18.5. The first-order chi connectivity index (χ1) is 16.1. The van der Waals surface area contributed by atoms with E-state index in [2.05, 4.69) is 16.7 Å². The number of aromatic nitrogens is 1. The van der Waals surface area contributed by atoms with E-state index in [1.807, 2.05) is 66.7 Å². The maximum atomic E-state index is 12.2. The van der Waals surface area contributed by atoms with Crippen LogP contribution in [0.4, 0.5) is 0 Å². The third-order valence-corrected chi connectivity index (χ3v) is 5.98. The molecule has 5 nitrogen and oxygen atoms in total. The van der Waals surface area contributed by atoms with Crippen molar-refractivity contribution in [2.24, 2.45) is 5.73 Å². The number of benzene rings is 4. The van der Waals surface area contributed by atoms with Crippen molar-refractivity contribution in [1.82, 2.24) is 4.57 Å². The van der Waals surface area contributed by atoms with Crippen molar-refractivity contribution >= 4 is 27.7 Å². The maximum absolute atomic E-state index is 12.2. The molecule has 0 unspecified atom stereocenters. The van der Waals surface area contributed by atoms with Crippen molar-refractivity contribution < 1.29 is 14.3 Å². The summed E-state index contributed by atoms with van der Waals surface area (Å²) in [6.45, 7) is 0.631. The molecule has 0 aliphatic heterocycles. The first-order valence-corrected chi connectivity index (χ1v) is 10.6. The van der Waals surface area contributed by atoms with E-state index < -0.39 is 5.91 Å². The number of fused-ring (bicyclic) bond motifs is 3. The quantitative estimate of drug-likeness (QED) is 0.387. The molecule has 33 heavy (non-hydrogen) atoms. The van der Waals surface area contributed by atoms with Gasteiger partial charge in [-0.15, -0.1) is 0 Å². The van der Waals surface area contributed by atoms with Gasteiger partial charge in [0.25, 0.3) is 0 Å². The Bertz CT molecular complexity index is 1470. The van der Waals surface area contributed by atoms with Crippen molar-refractivity contribution in [2.45, 2.75) is 6.54 Å². The molecule has 2 N–H and O–H groups in total. The van der Waals surface area contributed by atoms with E-state index in [1.54, 1.807) is 20.3 Å². The summed E-state index contributed by atoms with van der Waals surface area (Å²) < 4.78 is 12.8. The van der Waals surface area contributed by atoms with Crippen LogP contribution in [0.1, 0.15) is 15.9 Å². The number of nitrogens with two attached hydrogens (primary N) is 1. The Morgan fingerprint density at radius 1 is 0.879 bits per heavy atom. The van der Waals surface area contributed by atoms with Crippen LogP contribution in [0.3, 0.4) is 0 Å². The Morgan fingerprint density at radius 3 is 2.18 bits per heavy atom. The van der Waals surface area contributed by atoms with E-state index in [0.29, 0.717) is 12.1 Å². The molecule has 4 aromatic carbocycles. The van der Waals surface area contributed by atoms with Gasteiger partial charge in [-0.1, -0.05) is 30.3 Å². The molecule has 0 atom stereocenters.